The van der Waals surface area contributed by atoms with E-state index in [0.29, 0.717) is 17.2 Å². The molecule has 0 radical (unpaired) electrons. The molecule has 0 aliphatic heterocycles. The summed E-state index contributed by atoms with van der Waals surface area (Å²) in [6.07, 6.45) is 5.13. The molecule has 1 aliphatic carbocycles. The summed E-state index contributed by atoms with van der Waals surface area (Å²) >= 11 is 0. The van der Waals surface area contributed by atoms with Gasteiger partial charge < -0.3 is 24.6 Å². The Morgan fingerprint density at radius 3 is 2.30 bits per heavy atom. The minimum atomic E-state index is -0.450. The summed E-state index contributed by atoms with van der Waals surface area (Å²) in [4.78, 5) is 12.0. The number of rotatable bonds is 6. The van der Waals surface area contributed by atoms with Crippen LogP contribution in [0.3, 0.4) is 0 Å². The number of methoxy groups -OCH3 is 3. The first-order chi connectivity index (χ1) is 11.1. The van der Waals surface area contributed by atoms with Crippen LogP contribution >= 0.6 is 0 Å². The number of hydrogen-bond donors (Lipinski definition) is 2. The number of aliphatic hydroxyl groups is 1. The predicted octanol–water partition coefficient (Wildman–Crippen LogP) is 1.76. The van der Waals surface area contributed by atoms with Crippen LogP contribution in [0.15, 0.2) is 18.2 Å². The first kappa shape index (κ1) is 17.1. The van der Waals surface area contributed by atoms with Crippen LogP contribution in [-0.2, 0) is 4.79 Å². The highest BCUT2D eigenvalue weighted by Gasteiger charge is 2.25. The third-order valence-electron chi connectivity index (χ3n) is 3.92. The quantitative estimate of drug-likeness (QED) is 0.781. The van der Waals surface area contributed by atoms with E-state index in [4.69, 9.17) is 14.2 Å². The van der Waals surface area contributed by atoms with Gasteiger partial charge in [-0.15, -0.1) is 0 Å². The van der Waals surface area contributed by atoms with Crippen molar-refractivity contribution < 1.29 is 24.1 Å². The lowest BCUT2D eigenvalue weighted by Gasteiger charge is -2.15. The van der Waals surface area contributed by atoms with Crippen LogP contribution in [0.25, 0.3) is 6.08 Å². The predicted molar refractivity (Wildman–Crippen MR) is 86.9 cm³/mol. The Bertz CT molecular complexity index is 559. The van der Waals surface area contributed by atoms with Crippen LogP contribution in [0.4, 0.5) is 0 Å². The summed E-state index contributed by atoms with van der Waals surface area (Å²) in [6.45, 7) is 0. The summed E-state index contributed by atoms with van der Waals surface area (Å²) in [6, 6.07) is 3.36. The highest BCUT2D eigenvalue weighted by molar-refractivity contribution is 5.92. The Kier molecular flexibility index (Phi) is 5.87. The molecule has 1 fully saturated rings. The lowest BCUT2D eigenvalue weighted by atomic mass is 10.1. The van der Waals surface area contributed by atoms with Crippen LogP contribution < -0.4 is 19.5 Å². The van der Waals surface area contributed by atoms with Gasteiger partial charge in [-0.05, 0) is 43.0 Å². The first-order valence-electron chi connectivity index (χ1n) is 7.55. The molecule has 1 aromatic carbocycles. The van der Waals surface area contributed by atoms with E-state index in [1.807, 2.05) is 0 Å². The molecule has 1 saturated carbocycles. The van der Waals surface area contributed by atoms with Gasteiger partial charge in [0.2, 0.25) is 11.7 Å². The van der Waals surface area contributed by atoms with E-state index in [-0.39, 0.29) is 11.9 Å². The van der Waals surface area contributed by atoms with Crippen molar-refractivity contribution in [2.45, 2.75) is 31.4 Å². The maximum Gasteiger partial charge on any atom is 0.244 e. The molecule has 23 heavy (non-hydrogen) atoms. The van der Waals surface area contributed by atoms with Gasteiger partial charge in [0.15, 0.2) is 11.5 Å². The van der Waals surface area contributed by atoms with Crippen LogP contribution in [0.1, 0.15) is 24.8 Å². The SMILES string of the molecule is COc1cc(/C=C/C(=O)NC2CCCC2O)cc(OC)c1OC. The molecule has 1 aliphatic rings. The number of aliphatic hydroxyl groups excluding tert-OH is 1. The monoisotopic (exact) mass is 321 g/mol. The molecule has 2 atom stereocenters. The Morgan fingerprint density at radius 2 is 1.83 bits per heavy atom. The van der Waals surface area contributed by atoms with Gasteiger partial charge in [0.25, 0.3) is 0 Å². The fraction of sp³-hybridized carbons (Fsp3) is 0.471. The number of hydrogen-bond acceptors (Lipinski definition) is 5. The number of amides is 1. The number of nitrogens with one attached hydrogen (secondary N) is 1. The zero-order valence-electron chi connectivity index (χ0n) is 13.7. The average Bonchev–Trinajstić information content (AvgIpc) is 2.96. The van der Waals surface area contributed by atoms with Gasteiger partial charge in [-0.1, -0.05) is 0 Å². The first-order valence-corrected chi connectivity index (χ1v) is 7.55. The van der Waals surface area contributed by atoms with Gasteiger partial charge in [0.05, 0.1) is 33.5 Å². The van der Waals surface area contributed by atoms with Gasteiger partial charge >= 0.3 is 0 Å². The molecule has 1 aromatic rings. The zero-order valence-corrected chi connectivity index (χ0v) is 13.7. The Balaban J connectivity index is 2.10. The third-order valence-corrected chi connectivity index (χ3v) is 3.92. The van der Waals surface area contributed by atoms with Gasteiger partial charge in [0.1, 0.15) is 0 Å². The van der Waals surface area contributed by atoms with Crippen LogP contribution in [0, 0.1) is 0 Å². The average molecular weight is 321 g/mol. The minimum absolute atomic E-state index is 0.160. The molecule has 0 aromatic heterocycles. The van der Waals surface area contributed by atoms with Gasteiger partial charge in [-0.3, -0.25) is 4.79 Å². The van der Waals surface area contributed by atoms with E-state index in [1.54, 1.807) is 32.4 Å². The van der Waals surface area contributed by atoms with E-state index in [0.717, 1.165) is 24.8 Å². The van der Waals surface area contributed by atoms with Gasteiger partial charge in [-0.2, -0.15) is 0 Å². The Labute approximate surface area is 136 Å². The van der Waals surface area contributed by atoms with Crippen LogP contribution in [0.2, 0.25) is 0 Å². The highest BCUT2D eigenvalue weighted by atomic mass is 16.5. The molecule has 0 heterocycles. The van der Waals surface area contributed by atoms with E-state index in [9.17, 15) is 9.90 Å². The summed E-state index contributed by atoms with van der Waals surface area (Å²) in [5, 5.41) is 12.5. The summed E-state index contributed by atoms with van der Waals surface area (Å²) in [5.74, 6) is 1.33. The molecule has 0 bridgehead atoms. The lowest BCUT2D eigenvalue weighted by Crippen LogP contribution is -2.38. The topological polar surface area (TPSA) is 77.0 Å². The fourth-order valence-electron chi connectivity index (χ4n) is 2.71. The Morgan fingerprint density at radius 1 is 1.17 bits per heavy atom. The van der Waals surface area contributed by atoms with Crippen LogP contribution in [-0.4, -0.2) is 44.5 Å². The molecular formula is C17H23NO5. The zero-order chi connectivity index (χ0) is 16.8. The second-order valence-corrected chi connectivity index (χ2v) is 5.41. The molecular weight excluding hydrogens is 298 g/mol. The number of ether oxygens (including phenoxy) is 3. The number of carbonyl (C=O) groups excluding carboxylic acids is 1. The second kappa shape index (κ2) is 7.87. The standard InChI is InChI=1S/C17H23NO5/c1-21-14-9-11(10-15(22-2)17(14)23-3)7-8-16(20)18-12-5-4-6-13(12)19/h7-10,12-13,19H,4-6H2,1-3H3,(H,18,20)/b8-7+. The second-order valence-electron chi connectivity index (χ2n) is 5.41. The van der Waals surface area contributed by atoms with Gasteiger partial charge in [-0.25, -0.2) is 0 Å². The molecule has 0 saturated heterocycles. The minimum Gasteiger partial charge on any atom is -0.493 e. The smallest absolute Gasteiger partial charge is 0.244 e. The maximum absolute atomic E-state index is 12.0. The normalized spacial score (nSPS) is 20.5. The molecule has 6 heteroatoms. The lowest BCUT2D eigenvalue weighted by molar-refractivity contribution is -0.117. The Hall–Kier alpha value is -2.21. The van der Waals surface area contributed by atoms with Crippen molar-refractivity contribution in [2.24, 2.45) is 0 Å². The van der Waals surface area contributed by atoms with Crippen LogP contribution in [0.5, 0.6) is 17.2 Å². The maximum atomic E-state index is 12.0. The molecule has 0 spiro atoms. The van der Waals surface area contributed by atoms with E-state index >= 15 is 0 Å². The van der Waals surface area contributed by atoms with Crippen molar-refractivity contribution >= 4 is 12.0 Å². The largest absolute Gasteiger partial charge is 0.493 e. The molecule has 2 rings (SSSR count). The molecule has 126 valence electrons. The fourth-order valence-corrected chi connectivity index (χ4v) is 2.71. The van der Waals surface area contributed by atoms with Crippen molar-refractivity contribution in [3.8, 4) is 17.2 Å². The van der Waals surface area contributed by atoms with Crippen molar-refractivity contribution in [1.29, 1.82) is 0 Å². The van der Waals surface area contributed by atoms with Crippen molar-refractivity contribution in [1.82, 2.24) is 5.32 Å². The third kappa shape index (κ3) is 4.16. The van der Waals surface area contributed by atoms with Gasteiger partial charge in [0, 0.05) is 6.08 Å². The molecule has 2 unspecified atom stereocenters. The molecule has 1 amide bonds. The highest BCUT2D eigenvalue weighted by Crippen LogP contribution is 2.38. The summed E-state index contributed by atoms with van der Waals surface area (Å²) < 4.78 is 15.8. The molecule has 2 N–H and O–H groups in total. The number of carbonyl (C=O) groups is 1. The van der Waals surface area contributed by atoms with E-state index < -0.39 is 6.10 Å². The summed E-state index contributed by atoms with van der Waals surface area (Å²) in [7, 11) is 4.62. The van der Waals surface area contributed by atoms with E-state index in [2.05, 4.69) is 5.32 Å². The molecule has 6 nitrogen and oxygen atoms in total. The van der Waals surface area contributed by atoms with Crippen molar-refractivity contribution in [3.05, 3.63) is 23.8 Å². The van der Waals surface area contributed by atoms with E-state index in [1.165, 1.54) is 13.2 Å². The van der Waals surface area contributed by atoms with Crippen molar-refractivity contribution in [2.75, 3.05) is 21.3 Å². The summed E-state index contributed by atoms with van der Waals surface area (Å²) in [5.41, 5.74) is 0.752. The number of benzene rings is 1. The van der Waals surface area contributed by atoms with Crippen molar-refractivity contribution in [3.63, 3.8) is 0 Å².